The molecule has 4 heteroatoms. The molecule has 1 aromatic carbocycles. The first-order chi connectivity index (χ1) is 8.29. The van der Waals surface area contributed by atoms with Gasteiger partial charge in [0.05, 0.1) is 13.2 Å². The van der Waals surface area contributed by atoms with Crippen molar-refractivity contribution in [2.24, 2.45) is 5.73 Å². The highest BCUT2D eigenvalue weighted by atomic mass is 19.1. The second-order valence-electron chi connectivity index (χ2n) is 4.33. The number of ether oxygens (including phenoxy) is 1. The van der Waals surface area contributed by atoms with Crippen LogP contribution in [0.2, 0.25) is 0 Å². The van der Waals surface area contributed by atoms with Crippen molar-refractivity contribution >= 4 is 0 Å². The average molecular weight is 238 g/mol. The molecule has 3 nitrogen and oxygen atoms in total. The number of benzene rings is 1. The van der Waals surface area contributed by atoms with Gasteiger partial charge in [-0.1, -0.05) is 12.1 Å². The lowest BCUT2D eigenvalue weighted by atomic mass is 10.1. The molecule has 0 radical (unpaired) electrons. The van der Waals surface area contributed by atoms with Gasteiger partial charge in [0.15, 0.2) is 0 Å². The van der Waals surface area contributed by atoms with Crippen LogP contribution in [0.5, 0.6) is 0 Å². The van der Waals surface area contributed by atoms with E-state index in [0.717, 1.165) is 50.4 Å². The van der Waals surface area contributed by atoms with E-state index in [2.05, 4.69) is 4.90 Å². The van der Waals surface area contributed by atoms with Crippen LogP contribution in [-0.4, -0.2) is 37.7 Å². The van der Waals surface area contributed by atoms with Gasteiger partial charge in [0, 0.05) is 26.2 Å². The predicted molar refractivity (Wildman–Crippen MR) is 65.3 cm³/mol. The van der Waals surface area contributed by atoms with Crippen molar-refractivity contribution in [2.75, 3.05) is 32.8 Å². The summed E-state index contributed by atoms with van der Waals surface area (Å²) in [5.41, 5.74) is 7.31. The van der Waals surface area contributed by atoms with Gasteiger partial charge in [0.2, 0.25) is 0 Å². The van der Waals surface area contributed by atoms with E-state index in [1.165, 1.54) is 6.07 Å². The molecule has 1 aliphatic heterocycles. The Hall–Kier alpha value is -0.970. The van der Waals surface area contributed by atoms with Gasteiger partial charge in [0.1, 0.15) is 5.82 Å². The number of hydrogen-bond acceptors (Lipinski definition) is 3. The summed E-state index contributed by atoms with van der Waals surface area (Å²) in [6.45, 7) is 4.80. The molecule has 0 saturated carbocycles. The molecule has 0 aliphatic carbocycles. The lowest BCUT2D eigenvalue weighted by Crippen LogP contribution is -2.37. The van der Waals surface area contributed by atoms with E-state index in [-0.39, 0.29) is 5.82 Å². The Labute approximate surface area is 101 Å². The van der Waals surface area contributed by atoms with E-state index >= 15 is 0 Å². The van der Waals surface area contributed by atoms with E-state index in [1.54, 1.807) is 6.07 Å². The molecule has 0 bridgehead atoms. The smallest absolute Gasteiger partial charge is 0.126 e. The molecule has 1 heterocycles. The Morgan fingerprint density at radius 2 is 2.06 bits per heavy atom. The standard InChI is InChI=1S/C13H19FN2O/c14-13-2-1-11(10-15)9-12(13)3-4-16-5-7-17-8-6-16/h1-2,9H,3-8,10,15H2. The number of rotatable bonds is 4. The molecule has 0 atom stereocenters. The monoisotopic (exact) mass is 238 g/mol. The van der Waals surface area contributed by atoms with Crippen LogP contribution in [-0.2, 0) is 17.7 Å². The summed E-state index contributed by atoms with van der Waals surface area (Å²) in [5, 5.41) is 0. The SMILES string of the molecule is NCc1ccc(F)c(CCN2CCOCC2)c1. The lowest BCUT2D eigenvalue weighted by Gasteiger charge is -2.26. The van der Waals surface area contributed by atoms with Gasteiger partial charge in [-0.25, -0.2) is 4.39 Å². The predicted octanol–water partition coefficient (Wildman–Crippen LogP) is 1.16. The zero-order valence-electron chi connectivity index (χ0n) is 9.99. The van der Waals surface area contributed by atoms with Crippen LogP contribution in [0.25, 0.3) is 0 Å². The molecule has 2 rings (SSSR count). The topological polar surface area (TPSA) is 38.5 Å². The summed E-state index contributed by atoms with van der Waals surface area (Å²) in [7, 11) is 0. The third-order valence-corrected chi connectivity index (χ3v) is 3.15. The fourth-order valence-corrected chi connectivity index (χ4v) is 2.05. The minimum Gasteiger partial charge on any atom is -0.379 e. The van der Waals surface area contributed by atoms with Gasteiger partial charge in [-0.15, -0.1) is 0 Å². The minimum absolute atomic E-state index is 0.129. The number of halogens is 1. The van der Waals surface area contributed by atoms with Crippen molar-refractivity contribution in [3.63, 3.8) is 0 Å². The quantitative estimate of drug-likeness (QED) is 0.855. The number of hydrogen-bond donors (Lipinski definition) is 1. The van der Waals surface area contributed by atoms with Gasteiger partial charge in [0.25, 0.3) is 0 Å². The highest BCUT2D eigenvalue weighted by Gasteiger charge is 2.11. The summed E-state index contributed by atoms with van der Waals surface area (Å²) in [6, 6.07) is 5.13. The first-order valence-electron chi connectivity index (χ1n) is 6.07. The van der Waals surface area contributed by atoms with Crippen LogP contribution >= 0.6 is 0 Å². The first kappa shape index (κ1) is 12.5. The third kappa shape index (κ3) is 3.49. The van der Waals surface area contributed by atoms with Crippen LogP contribution in [0.4, 0.5) is 4.39 Å². The van der Waals surface area contributed by atoms with Crippen LogP contribution < -0.4 is 5.73 Å². The molecule has 1 aromatic rings. The van der Waals surface area contributed by atoms with E-state index in [1.807, 2.05) is 6.07 Å². The van der Waals surface area contributed by atoms with Gasteiger partial charge in [-0.2, -0.15) is 0 Å². The fourth-order valence-electron chi connectivity index (χ4n) is 2.05. The van der Waals surface area contributed by atoms with Gasteiger partial charge in [-0.05, 0) is 23.6 Å². The largest absolute Gasteiger partial charge is 0.379 e. The van der Waals surface area contributed by atoms with E-state index in [0.29, 0.717) is 6.54 Å². The van der Waals surface area contributed by atoms with E-state index < -0.39 is 0 Å². The third-order valence-electron chi connectivity index (χ3n) is 3.15. The Kier molecular flexibility index (Phi) is 4.48. The second-order valence-corrected chi connectivity index (χ2v) is 4.33. The van der Waals surface area contributed by atoms with Gasteiger partial charge < -0.3 is 10.5 Å². The molecule has 0 aromatic heterocycles. The average Bonchev–Trinajstić information content (AvgIpc) is 2.39. The maximum atomic E-state index is 13.6. The second kappa shape index (κ2) is 6.10. The van der Waals surface area contributed by atoms with Gasteiger partial charge >= 0.3 is 0 Å². The summed E-state index contributed by atoms with van der Waals surface area (Å²) in [6.07, 6.45) is 0.736. The fraction of sp³-hybridized carbons (Fsp3) is 0.538. The number of morpholine rings is 1. The molecular formula is C13H19FN2O. The lowest BCUT2D eigenvalue weighted by molar-refractivity contribution is 0.0383. The molecule has 1 saturated heterocycles. The summed E-state index contributed by atoms with van der Waals surface area (Å²) in [5.74, 6) is -0.129. The van der Waals surface area contributed by atoms with Crippen molar-refractivity contribution in [1.82, 2.24) is 4.90 Å². The molecule has 1 aliphatic rings. The Bertz CT molecular complexity index is 364. The summed E-state index contributed by atoms with van der Waals surface area (Å²) in [4.78, 5) is 2.30. The molecule has 1 fully saturated rings. The van der Waals surface area contributed by atoms with Crippen molar-refractivity contribution in [3.05, 3.63) is 35.1 Å². The molecular weight excluding hydrogens is 219 g/mol. The number of nitrogens with zero attached hydrogens (tertiary/aromatic N) is 1. The Balaban J connectivity index is 1.92. The molecule has 94 valence electrons. The van der Waals surface area contributed by atoms with Crippen LogP contribution in [0.3, 0.4) is 0 Å². The van der Waals surface area contributed by atoms with Crippen LogP contribution in [0.15, 0.2) is 18.2 Å². The maximum absolute atomic E-state index is 13.6. The summed E-state index contributed by atoms with van der Waals surface area (Å²) >= 11 is 0. The van der Waals surface area contributed by atoms with Crippen molar-refractivity contribution in [1.29, 1.82) is 0 Å². The van der Waals surface area contributed by atoms with Crippen molar-refractivity contribution in [2.45, 2.75) is 13.0 Å². The van der Waals surface area contributed by atoms with Crippen molar-refractivity contribution in [3.8, 4) is 0 Å². The summed E-state index contributed by atoms with van der Waals surface area (Å²) < 4.78 is 18.9. The van der Waals surface area contributed by atoms with E-state index in [9.17, 15) is 4.39 Å². The molecule has 0 amide bonds. The zero-order valence-corrected chi connectivity index (χ0v) is 9.99. The molecule has 17 heavy (non-hydrogen) atoms. The van der Waals surface area contributed by atoms with Crippen molar-refractivity contribution < 1.29 is 9.13 Å². The maximum Gasteiger partial charge on any atom is 0.126 e. The normalized spacial score (nSPS) is 17.3. The van der Waals surface area contributed by atoms with Crippen LogP contribution in [0, 0.1) is 5.82 Å². The van der Waals surface area contributed by atoms with Gasteiger partial charge in [-0.3, -0.25) is 4.90 Å². The highest BCUT2D eigenvalue weighted by Crippen LogP contribution is 2.12. The van der Waals surface area contributed by atoms with Crippen LogP contribution in [0.1, 0.15) is 11.1 Å². The zero-order chi connectivity index (χ0) is 12.1. The first-order valence-corrected chi connectivity index (χ1v) is 6.07. The molecule has 0 spiro atoms. The highest BCUT2D eigenvalue weighted by molar-refractivity contribution is 5.25. The minimum atomic E-state index is -0.129. The molecule has 2 N–H and O–H groups in total. The molecule has 0 unspecified atom stereocenters. The Morgan fingerprint density at radius 3 is 2.76 bits per heavy atom. The number of nitrogens with two attached hydrogens (primary N) is 1. The Morgan fingerprint density at radius 1 is 1.29 bits per heavy atom. The van der Waals surface area contributed by atoms with E-state index in [4.69, 9.17) is 10.5 Å².